The lowest BCUT2D eigenvalue weighted by Crippen LogP contribution is -2.57. The van der Waals surface area contributed by atoms with Gasteiger partial charge < -0.3 is 37.0 Å². The fourth-order valence-corrected chi connectivity index (χ4v) is 2.10. The van der Waals surface area contributed by atoms with Crippen molar-refractivity contribution in [1.29, 1.82) is 0 Å². The van der Waals surface area contributed by atoms with Gasteiger partial charge in [-0.3, -0.25) is 24.0 Å². The molecule has 12 heteroatoms. The van der Waals surface area contributed by atoms with Crippen LogP contribution in [0.25, 0.3) is 0 Å². The smallest absolute Gasteiger partial charge is 0.325 e. The van der Waals surface area contributed by atoms with Crippen LogP contribution in [0.15, 0.2) is 0 Å². The molecule has 0 radical (unpaired) electrons. The number of nitrogens with two attached hydrogens (primary N) is 1. The van der Waals surface area contributed by atoms with E-state index in [9.17, 15) is 24.0 Å². The summed E-state index contributed by atoms with van der Waals surface area (Å²) in [5.74, 6) is -5.37. The predicted molar refractivity (Wildman–Crippen MR) is 95.9 cm³/mol. The Hall–Kier alpha value is -2.73. The zero-order valence-electron chi connectivity index (χ0n) is 16.0. The molecule has 160 valence electrons. The molecule has 28 heavy (non-hydrogen) atoms. The number of carbonyl (C=O) groups excluding carboxylic acids is 3. The van der Waals surface area contributed by atoms with Gasteiger partial charge in [0.15, 0.2) is 0 Å². The zero-order chi connectivity index (χ0) is 22.0. The topological polar surface area (TPSA) is 208 Å². The number of aliphatic carboxylic acids is 2. The standard InChI is InChI=1S/C16H28N4O8/c1-7(2)4-10(14(25)18-8(3)16(27)28)20-15(26)11(5-12(22)23)19-13(24)9(17)6-21/h7-11,21H,4-6,17H2,1-3H3,(H,18,25)(H,19,24)(H,20,26)(H,22,23)(H,27,28). The number of amides is 3. The molecule has 0 saturated carbocycles. The van der Waals surface area contributed by atoms with E-state index in [0.29, 0.717) is 0 Å². The van der Waals surface area contributed by atoms with Crippen molar-refractivity contribution in [3.63, 3.8) is 0 Å². The molecule has 0 fully saturated rings. The molecule has 0 spiro atoms. The van der Waals surface area contributed by atoms with Crippen molar-refractivity contribution in [3.05, 3.63) is 0 Å². The summed E-state index contributed by atoms with van der Waals surface area (Å²) in [4.78, 5) is 58.4. The van der Waals surface area contributed by atoms with Crippen LogP contribution in [0.3, 0.4) is 0 Å². The van der Waals surface area contributed by atoms with E-state index in [1.54, 1.807) is 13.8 Å². The normalized spacial score (nSPS) is 15.1. The minimum Gasteiger partial charge on any atom is -0.481 e. The average Bonchev–Trinajstić information content (AvgIpc) is 2.58. The summed E-state index contributed by atoms with van der Waals surface area (Å²) in [5, 5.41) is 33.4. The lowest BCUT2D eigenvalue weighted by atomic mass is 10.0. The molecule has 0 saturated heterocycles. The van der Waals surface area contributed by atoms with E-state index in [2.05, 4.69) is 16.0 Å². The Kier molecular flexibility index (Phi) is 10.7. The van der Waals surface area contributed by atoms with Crippen LogP contribution in [0.4, 0.5) is 0 Å². The first-order chi connectivity index (χ1) is 12.9. The van der Waals surface area contributed by atoms with Gasteiger partial charge in [-0.15, -0.1) is 0 Å². The average molecular weight is 404 g/mol. The van der Waals surface area contributed by atoms with Crippen LogP contribution in [0.1, 0.15) is 33.6 Å². The molecule has 12 nitrogen and oxygen atoms in total. The number of hydrogen-bond donors (Lipinski definition) is 7. The van der Waals surface area contributed by atoms with Gasteiger partial charge in [0.1, 0.15) is 24.2 Å². The third kappa shape index (κ3) is 9.28. The summed E-state index contributed by atoms with van der Waals surface area (Å²) in [5.41, 5.74) is 5.33. The summed E-state index contributed by atoms with van der Waals surface area (Å²) in [6.45, 7) is 4.07. The SMILES string of the molecule is CC(C)CC(NC(=O)C(CC(=O)O)NC(=O)C(N)CO)C(=O)NC(C)C(=O)O. The molecular formula is C16H28N4O8. The first kappa shape index (κ1) is 25.3. The maximum atomic E-state index is 12.5. The fraction of sp³-hybridized carbons (Fsp3) is 0.688. The Morgan fingerprint density at radius 3 is 1.79 bits per heavy atom. The number of carboxylic acid groups (broad SMARTS) is 2. The van der Waals surface area contributed by atoms with Gasteiger partial charge >= 0.3 is 11.9 Å². The van der Waals surface area contributed by atoms with Crippen LogP contribution >= 0.6 is 0 Å². The Bertz CT molecular complexity index is 595. The molecule has 0 aromatic heterocycles. The van der Waals surface area contributed by atoms with Crippen molar-refractivity contribution < 1.29 is 39.3 Å². The van der Waals surface area contributed by atoms with Crippen molar-refractivity contribution in [1.82, 2.24) is 16.0 Å². The van der Waals surface area contributed by atoms with Gasteiger partial charge in [-0.25, -0.2) is 0 Å². The van der Waals surface area contributed by atoms with Crippen molar-refractivity contribution in [2.75, 3.05) is 6.61 Å². The molecule has 4 atom stereocenters. The highest BCUT2D eigenvalue weighted by atomic mass is 16.4. The highest BCUT2D eigenvalue weighted by molar-refractivity contribution is 5.95. The number of carbonyl (C=O) groups is 5. The second-order valence-corrected chi connectivity index (χ2v) is 6.71. The fourth-order valence-electron chi connectivity index (χ4n) is 2.10. The Morgan fingerprint density at radius 1 is 0.857 bits per heavy atom. The second kappa shape index (κ2) is 11.9. The van der Waals surface area contributed by atoms with Gasteiger partial charge in [-0.05, 0) is 19.3 Å². The van der Waals surface area contributed by atoms with E-state index in [0.717, 1.165) is 0 Å². The van der Waals surface area contributed by atoms with E-state index < -0.39 is 66.9 Å². The molecule has 0 aromatic carbocycles. The molecule has 0 aromatic rings. The molecule has 0 aliphatic rings. The van der Waals surface area contributed by atoms with Crippen LogP contribution in [-0.2, 0) is 24.0 Å². The van der Waals surface area contributed by atoms with Crippen molar-refractivity contribution in [2.24, 2.45) is 11.7 Å². The van der Waals surface area contributed by atoms with Crippen molar-refractivity contribution in [2.45, 2.75) is 57.8 Å². The van der Waals surface area contributed by atoms with Gasteiger partial charge in [0.2, 0.25) is 17.7 Å². The lowest BCUT2D eigenvalue weighted by molar-refractivity contribution is -0.143. The zero-order valence-corrected chi connectivity index (χ0v) is 16.0. The highest BCUT2D eigenvalue weighted by Crippen LogP contribution is 2.07. The predicted octanol–water partition coefficient (Wildman–Crippen LogP) is -2.61. The first-order valence-electron chi connectivity index (χ1n) is 8.61. The monoisotopic (exact) mass is 404 g/mol. The molecule has 0 aliphatic carbocycles. The van der Waals surface area contributed by atoms with Crippen LogP contribution in [-0.4, -0.2) is 75.8 Å². The number of carboxylic acids is 2. The Balaban J connectivity index is 5.32. The maximum Gasteiger partial charge on any atom is 0.325 e. The number of nitrogens with one attached hydrogen (secondary N) is 3. The van der Waals surface area contributed by atoms with E-state index in [1.165, 1.54) is 6.92 Å². The van der Waals surface area contributed by atoms with Gasteiger partial charge in [-0.2, -0.15) is 0 Å². The molecule has 4 unspecified atom stereocenters. The minimum atomic E-state index is -1.54. The number of hydrogen-bond acceptors (Lipinski definition) is 7. The third-order valence-electron chi connectivity index (χ3n) is 3.61. The number of aliphatic hydroxyl groups excluding tert-OH is 1. The van der Waals surface area contributed by atoms with E-state index >= 15 is 0 Å². The minimum absolute atomic E-state index is 0.0634. The van der Waals surface area contributed by atoms with E-state index in [4.69, 9.17) is 21.1 Å². The van der Waals surface area contributed by atoms with Crippen molar-refractivity contribution >= 4 is 29.7 Å². The van der Waals surface area contributed by atoms with Gasteiger partial charge in [0.05, 0.1) is 13.0 Å². The number of aliphatic hydroxyl groups is 1. The van der Waals surface area contributed by atoms with Crippen LogP contribution < -0.4 is 21.7 Å². The summed E-state index contributed by atoms with van der Waals surface area (Å²) < 4.78 is 0. The molecule has 3 amide bonds. The second-order valence-electron chi connectivity index (χ2n) is 6.71. The van der Waals surface area contributed by atoms with E-state index in [1.807, 2.05) is 0 Å². The highest BCUT2D eigenvalue weighted by Gasteiger charge is 2.30. The first-order valence-corrected chi connectivity index (χ1v) is 8.61. The molecule has 0 aliphatic heterocycles. The van der Waals surface area contributed by atoms with Gasteiger partial charge in [-0.1, -0.05) is 13.8 Å². The maximum absolute atomic E-state index is 12.5. The summed E-state index contributed by atoms with van der Waals surface area (Å²) >= 11 is 0. The number of rotatable bonds is 12. The summed E-state index contributed by atoms with van der Waals surface area (Å²) in [6.07, 6.45) is -0.634. The van der Waals surface area contributed by atoms with E-state index in [-0.39, 0.29) is 12.3 Å². The van der Waals surface area contributed by atoms with Crippen LogP contribution in [0.2, 0.25) is 0 Å². The molecule has 0 bridgehead atoms. The van der Waals surface area contributed by atoms with Gasteiger partial charge in [0, 0.05) is 0 Å². The molecular weight excluding hydrogens is 376 g/mol. The molecule has 0 rings (SSSR count). The summed E-state index contributed by atoms with van der Waals surface area (Å²) in [7, 11) is 0. The third-order valence-corrected chi connectivity index (χ3v) is 3.61. The molecule has 8 N–H and O–H groups in total. The Labute approximate surface area is 161 Å². The molecule has 0 heterocycles. The Morgan fingerprint density at radius 2 is 1.36 bits per heavy atom. The van der Waals surface area contributed by atoms with Crippen LogP contribution in [0, 0.1) is 5.92 Å². The summed E-state index contributed by atoms with van der Waals surface area (Å²) in [6, 6.07) is -5.23. The van der Waals surface area contributed by atoms with Gasteiger partial charge in [0.25, 0.3) is 0 Å². The lowest BCUT2D eigenvalue weighted by Gasteiger charge is -2.24. The largest absolute Gasteiger partial charge is 0.481 e. The quantitative estimate of drug-likeness (QED) is 0.181. The van der Waals surface area contributed by atoms with Crippen LogP contribution in [0.5, 0.6) is 0 Å². The van der Waals surface area contributed by atoms with Crippen molar-refractivity contribution in [3.8, 4) is 0 Å².